The van der Waals surface area contributed by atoms with Gasteiger partial charge in [-0.1, -0.05) is 0 Å². The fraction of sp³-hybridized carbons (Fsp3) is 0.625. The van der Waals surface area contributed by atoms with E-state index in [1.54, 1.807) is 6.92 Å². The number of aryl methyl sites for hydroxylation is 1. The second-order valence-corrected chi connectivity index (χ2v) is 7.02. The minimum atomic E-state index is 0.0438. The maximum atomic E-state index is 12.6. The van der Waals surface area contributed by atoms with E-state index < -0.39 is 0 Å². The van der Waals surface area contributed by atoms with E-state index in [4.69, 9.17) is 4.74 Å². The Bertz CT molecular complexity index is 571. The summed E-state index contributed by atoms with van der Waals surface area (Å²) in [4.78, 5) is 28.8. The molecule has 2 atom stereocenters. The summed E-state index contributed by atoms with van der Waals surface area (Å²) in [7, 11) is 0. The number of carbonyl (C=O) groups is 2. The molecule has 3 rings (SSSR count). The van der Waals surface area contributed by atoms with Crippen LogP contribution in [0.15, 0.2) is 11.4 Å². The largest absolute Gasteiger partial charge is 0.374 e. The van der Waals surface area contributed by atoms with Crippen LogP contribution in [0.25, 0.3) is 0 Å². The topological polar surface area (TPSA) is 49.9 Å². The lowest BCUT2D eigenvalue weighted by Crippen LogP contribution is -2.49. The first kappa shape index (κ1) is 15.5. The number of rotatable bonds is 1. The quantitative estimate of drug-likeness (QED) is 0.792. The molecule has 2 amide bonds. The highest BCUT2D eigenvalue weighted by Gasteiger charge is 2.36. The molecule has 2 aliphatic rings. The predicted octanol–water partition coefficient (Wildman–Crippen LogP) is 1.77. The molecular formula is C16H22N2O3S. The summed E-state index contributed by atoms with van der Waals surface area (Å²) in [5, 5.41) is 1.96. The molecule has 22 heavy (non-hydrogen) atoms. The van der Waals surface area contributed by atoms with E-state index in [1.807, 2.05) is 28.2 Å². The third kappa shape index (κ3) is 3.03. The van der Waals surface area contributed by atoms with Gasteiger partial charge in [-0.25, -0.2) is 0 Å². The Hall–Kier alpha value is -1.40. The van der Waals surface area contributed by atoms with E-state index in [0.717, 1.165) is 30.0 Å². The normalized spacial score (nSPS) is 25.5. The lowest BCUT2D eigenvalue weighted by Gasteiger charge is -2.37. The van der Waals surface area contributed by atoms with E-state index in [1.165, 1.54) is 11.3 Å². The van der Waals surface area contributed by atoms with Gasteiger partial charge in [0, 0.05) is 39.0 Å². The first-order valence-electron chi connectivity index (χ1n) is 7.76. The average Bonchev–Trinajstić information content (AvgIpc) is 2.81. The van der Waals surface area contributed by atoms with Gasteiger partial charge in [0.25, 0.3) is 5.91 Å². The van der Waals surface area contributed by atoms with E-state index in [-0.39, 0.29) is 17.9 Å². The van der Waals surface area contributed by atoms with Crippen LogP contribution in [-0.2, 0) is 9.53 Å². The van der Waals surface area contributed by atoms with Gasteiger partial charge in [0.15, 0.2) is 0 Å². The summed E-state index contributed by atoms with van der Waals surface area (Å²) in [5.41, 5.74) is 1.04. The van der Waals surface area contributed by atoms with Crippen LogP contribution in [-0.4, -0.2) is 60.5 Å². The first-order chi connectivity index (χ1) is 10.6. The molecule has 0 unspecified atom stereocenters. The number of hydrogen-bond donors (Lipinski definition) is 0. The summed E-state index contributed by atoms with van der Waals surface area (Å²) in [5.74, 6) is 0.555. The third-order valence-corrected chi connectivity index (χ3v) is 5.64. The van der Waals surface area contributed by atoms with E-state index in [9.17, 15) is 9.59 Å². The van der Waals surface area contributed by atoms with Gasteiger partial charge in [0.2, 0.25) is 5.91 Å². The number of ether oxygens (including phenoxy) is 1. The van der Waals surface area contributed by atoms with E-state index in [0.29, 0.717) is 25.6 Å². The smallest absolute Gasteiger partial charge is 0.264 e. The van der Waals surface area contributed by atoms with Crippen molar-refractivity contribution in [2.24, 2.45) is 5.92 Å². The molecule has 0 aliphatic carbocycles. The van der Waals surface area contributed by atoms with Crippen molar-refractivity contribution >= 4 is 23.2 Å². The number of amides is 2. The molecule has 3 heterocycles. The summed E-state index contributed by atoms with van der Waals surface area (Å²) in [6.45, 7) is 6.92. The Morgan fingerprint density at radius 3 is 2.77 bits per heavy atom. The van der Waals surface area contributed by atoms with Crippen molar-refractivity contribution in [1.82, 2.24) is 9.80 Å². The van der Waals surface area contributed by atoms with Gasteiger partial charge in [-0.2, -0.15) is 0 Å². The fourth-order valence-corrected chi connectivity index (χ4v) is 4.15. The van der Waals surface area contributed by atoms with E-state index in [2.05, 4.69) is 0 Å². The van der Waals surface area contributed by atoms with E-state index >= 15 is 0 Å². The number of piperidine rings is 1. The van der Waals surface area contributed by atoms with Gasteiger partial charge in [0.1, 0.15) is 0 Å². The van der Waals surface area contributed by atoms with Gasteiger partial charge in [-0.15, -0.1) is 11.3 Å². The average molecular weight is 322 g/mol. The number of carbonyl (C=O) groups excluding carboxylic acids is 2. The Morgan fingerprint density at radius 1 is 1.27 bits per heavy atom. The lowest BCUT2D eigenvalue weighted by atomic mass is 9.93. The first-order valence-corrected chi connectivity index (χ1v) is 8.64. The number of nitrogens with zero attached hydrogens (tertiary/aromatic N) is 2. The summed E-state index contributed by atoms with van der Waals surface area (Å²) < 4.78 is 5.93. The van der Waals surface area contributed by atoms with Gasteiger partial charge in [0.05, 0.1) is 17.6 Å². The highest BCUT2D eigenvalue weighted by Crippen LogP contribution is 2.27. The summed E-state index contributed by atoms with van der Waals surface area (Å²) in [6, 6.07) is 1.98. The molecule has 0 saturated carbocycles. The molecule has 1 aromatic rings. The van der Waals surface area contributed by atoms with Crippen LogP contribution in [0.2, 0.25) is 0 Å². The molecule has 120 valence electrons. The van der Waals surface area contributed by atoms with Crippen molar-refractivity contribution in [2.75, 3.05) is 32.8 Å². The number of likely N-dealkylation sites (tertiary alicyclic amines) is 1. The molecule has 2 saturated heterocycles. The van der Waals surface area contributed by atoms with Crippen LogP contribution >= 0.6 is 11.3 Å². The summed E-state index contributed by atoms with van der Waals surface area (Å²) in [6.07, 6.45) is 0.937. The molecule has 2 aliphatic heterocycles. The van der Waals surface area contributed by atoms with Crippen LogP contribution in [0.3, 0.4) is 0 Å². The SMILES string of the molecule is CC(=O)N1CCO[C@@H]2CN(C(=O)c3sccc3C)CC[C@@H]2C1. The molecule has 0 spiro atoms. The van der Waals surface area contributed by atoms with Crippen LogP contribution in [0.1, 0.15) is 28.6 Å². The molecule has 0 bridgehead atoms. The minimum absolute atomic E-state index is 0.0438. The summed E-state index contributed by atoms with van der Waals surface area (Å²) >= 11 is 1.50. The van der Waals surface area contributed by atoms with Crippen LogP contribution in [0.4, 0.5) is 0 Å². The van der Waals surface area contributed by atoms with Gasteiger partial charge in [-0.3, -0.25) is 9.59 Å². The van der Waals surface area contributed by atoms with Crippen LogP contribution in [0.5, 0.6) is 0 Å². The zero-order valence-corrected chi connectivity index (χ0v) is 13.9. The van der Waals surface area contributed by atoms with Gasteiger partial charge >= 0.3 is 0 Å². The second kappa shape index (κ2) is 6.38. The van der Waals surface area contributed by atoms with Gasteiger partial charge in [-0.05, 0) is 30.4 Å². The number of fused-ring (bicyclic) bond motifs is 1. The molecule has 1 aromatic heterocycles. The predicted molar refractivity (Wildman–Crippen MR) is 85.1 cm³/mol. The maximum absolute atomic E-state index is 12.6. The highest BCUT2D eigenvalue weighted by atomic mass is 32.1. The minimum Gasteiger partial charge on any atom is -0.374 e. The molecular weight excluding hydrogens is 300 g/mol. The standard InChI is InChI=1S/C16H22N2O3S/c1-11-4-8-22-15(11)16(20)18-5-3-13-9-17(12(2)19)6-7-21-14(13)10-18/h4,8,13-14H,3,5-7,9-10H2,1-2H3/t13-,14-/m1/s1. The highest BCUT2D eigenvalue weighted by molar-refractivity contribution is 7.12. The van der Waals surface area contributed by atoms with Crippen LogP contribution < -0.4 is 0 Å². The monoisotopic (exact) mass is 322 g/mol. The van der Waals surface area contributed by atoms with Crippen molar-refractivity contribution in [3.63, 3.8) is 0 Å². The Morgan fingerprint density at radius 2 is 2.09 bits per heavy atom. The maximum Gasteiger partial charge on any atom is 0.264 e. The molecule has 0 N–H and O–H groups in total. The zero-order chi connectivity index (χ0) is 15.7. The molecule has 5 nitrogen and oxygen atoms in total. The molecule has 2 fully saturated rings. The molecule has 0 aromatic carbocycles. The zero-order valence-electron chi connectivity index (χ0n) is 13.1. The Labute approximate surface area is 134 Å². The van der Waals surface area contributed by atoms with Crippen molar-refractivity contribution in [1.29, 1.82) is 0 Å². The van der Waals surface area contributed by atoms with Crippen molar-refractivity contribution < 1.29 is 14.3 Å². The lowest BCUT2D eigenvalue weighted by molar-refractivity contribution is -0.129. The number of thiophene rings is 1. The Balaban J connectivity index is 1.68. The second-order valence-electron chi connectivity index (χ2n) is 6.11. The molecule has 0 radical (unpaired) electrons. The fourth-order valence-electron chi connectivity index (χ4n) is 3.26. The van der Waals surface area contributed by atoms with Crippen LogP contribution in [0, 0.1) is 12.8 Å². The molecule has 6 heteroatoms. The van der Waals surface area contributed by atoms with Crippen molar-refractivity contribution in [3.05, 3.63) is 21.9 Å². The van der Waals surface area contributed by atoms with Crippen molar-refractivity contribution in [2.45, 2.75) is 26.4 Å². The third-order valence-electron chi connectivity index (χ3n) is 4.63. The van der Waals surface area contributed by atoms with Crippen molar-refractivity contribution in [3.8, 4) is 0 Å². The van der Waals surface area contributed by atoms with Gasteiger partial charge < -0.3 is 14.5 Å². The Kier molecular flexibility index (Phi) is 4.49. The number of hydrogen-bond acceptors (Lipinski definition) is 4.